The molecule has 0 radical (unpaired) electrons. The lowest BCUT2D eigenvalue weighted by Crippen LogP contribution is -2.48. The Balaban J connectivity index is 1.17. The van der Waals surface area contributed by atoms with Gasteiger partial charge in [0, 0.05) is 39.3 Å². The summed E-state index contributed by atoms with van der Waals surface area (Å²) in [5, 5.41) is 0. The van der Waals surface area contributed by atoms with Gasteiger partial charge < -0.3 is 19.3 Å². The number of rotatable bonds is 4. The summed E-state index contributed by atoms with van der Waals surface area (Å²) in [7, 11) is 0. The predicted octanol–water partition coefficient (Wildman–Crippen LogP) is 1.37. The number of para-hydroxylation sites is 2. The van der Waals surface area contributed by atoms with Gasteiger partial charge in [-0.3, -0.25) is 14.5 Å². The van der Waals surface area contributed by atoms with Gasteiger partial charge in [0.05, 0.1) is 6.04 Å². The normalized spacial score (nSPS) is 27.8. The van der Waals surface area contributed by atoms with Crippen molar-refractivity contribution in [1.82, 2.24) is 14.7 Å². The highest BCUT2D eigenvalue weighted by molar-refractivity contribution is 5.84. The van der Waals surface area contributed by atoms with Crippen molar-refractivity contribution in [2.75, 3.05) is 45.9 Å². The zero-order valence-electron chi connectivity index (χ0n) is 16.8. The first-order valence-electron chi connectivity index (χ1n) is 10.9. The highest BCUT2D eigenvalue weighted by atomic mass is 16.6. The molecule has 2 saturated heterocycles. The number of fused-ring (bicyclic) bond motifs is 1. The largest absolute Gasteiger partial charge is 0.485 e. The van der Waals surface area contributed by atoms with Gasteiger partial charge in [-0.05, 0) is 43.7 Å². The SMILES string of the molecule is O=C([C@H]1COc2ccccc2O1)N1CCCN([C@H]2CCN(CC3CC3)C2=O)CC1. The third-order valence-corrected chi connectivity index (χ3v) is 6.51. The van der Waals surface area contributed by atoms with E-state index in [1.54, 1.807) is 0 Å². The minimum Gasteiger partial charge on any atom is -0.485 e. The quantitative estimate of drug-likeness (QED) is 0.765. The smallest absolute Gasteiger partial charge is 0.267 e. The van der Waals surface area contributed by atoms with Crippen molar-refractivity contribution in [3.63, 3.8) is 0 Å². The summed E-state index contributed by atoms with van der Waals surface area (Å²) in [5.74, 6) is 2.32. The lowest BCUT2D eigenvalue weighted by molar-refractivity contribution is -0.141. The van der Waals surface area contributed by atoms with E-state index >= 15 is 0 Å². The maximum Gasteiger partial charge on any atom is 0.267 e. The maximum absolute atomic E-state index is 13.0. The van der Waals surface area contributed by atoms with E-state index in [-0.39, 0.29) is 24.5 Å². The summed E-state index contributed by atoms with van der Waals surface area (Å²) in [6.07, 6.45) is 3.73. The minimum atomic E-state index is -0.599. The van der Waals surface area contributed by atoms with Crippen LogP contribution in [-0.4, -0.2) is 84.5 Å². The molecule has 1 aliphatic carbocycles. The molecule has 0 bridgehead atoms. The predicted molar refractivity (Wildman–Crippen MR) is 107 cm³/mol. The molecule has 7 nitrogen and oxygen atoms in total. The van der Waals surface area contributed by atoms with Crippen LogP contribution in [0, 0.1) is 5.92 Å². The van der Waals surface area contributed by atoms with Gasteiger partial charge >= 0.3 is 0 Å². The third-order valence-electron chi connectivity index (χ3n) is 6.51. The standard InChI is InChI=1S/C22H29N3O4/c26-21-17(8-11-25(21)14-16-6-7-16)23-9-3-10-24(13-12-23)22(27)20-15-28-18-4-1-2-5-19(18)29-20/h1-2,4-5,16-17,20H,3,6-15H2/t17-,20+/m0/s1. The molecule has 0 aromatic heterocycles. The van der Waals surface area contributed by atoms with Gasteiger partial charge in [0.25, 0.3) is 5.91 Å². The van der Waals surface area contributed by atoms with Crippen molar-refractivity contribution in [1.29, 1.82) is 0 Å². The maximum atomic E-state index is 13.0. The molecule has 0 spiro atoms. The van der Waals surface area contributed by atoms with Crippen LogP contribution in [0.2, 0.25) is 0 Å². The molecule has 4 aliphatic rings. The topological polar surface area (TPSA) is 62.3 Å². The molecular formula is C22H29N3O4. The van der Waals surface area contributed by atoms with E-state index in [0.29, 0.717) is 24.6 Å². The van der Waals surface area contributed by atoms with Crippen LogP contribution in [0.3, 0.4) is 0 Å². The van der Waals surface area contributed by atoms with E-state index in [4.69, 9.17) is 9.47 Å². The number of nitrogens with zero attached hydrogens (tertiary/aromatic N) is 3. The van der Waals surface area contributed by atoms with Crippen LogP contribution in [0.1, 0.15) is 25.7 Å². The first-order valence-corrected chi connectivity index (χ1v) is 10.9. The van der Waals surface area contributed by atoms with Crippen LogP contribution in [-0.2, 0) is 9.59 Å². The Bertz CT molecular complexity index is 781. The van der Waals surface area contributed by atoms with Crippen molar-refractivity contribution >= 4 is 11.8 Å². The van der Waals surface area contributed by atoms with E-state index in [0.717, 1.165) is 44.9 Å². The van der Waals surface area contributed by atoms with E-state index in [2.05, 4.69) is 9.80 Å². The fourth-order valence-corrected chi connectivity index (χ4v) is 4.67. The average Bonchev–Trinajstić information content (AvgIpc) is 3.54. The number of hydrogen-bond donors (Lipinski definition) is 0. The van der Waals surface area contributed by atoms with E-state index in [9.17, 15) is 9.59 Å². The number of carbonyl (C=O) groups is 2. The molecule has 3 fully saturated rings. The lowest BCUT2D eigenvalue weighted by Gasteiger charge is -2.30. The number of hydrogen-bond acceptors (Lipinski definition) is 5. The number of carbonyl (C=O) groups excluding carboxylic acids is 2. The highest BCUT2D eigenvalue weighted by Gasteiger charge is 2.39. The Kier molecular flexibility index (Phi) is 5.08. The van der Waals surface area contributed by atoms with Crippen LogP contribution in [0.25, 0.3) is 0 Å². The van der Waals surface area contributed by atoms with Crippen LogP contribution in [0.15, 0.2) is 24.3 Å². The highest BCUT2D eigenvalue weighted by Crippen LogP contribution is 2.33. The average molecular weight is 399 g/mol. The monoisotopic (exact) mass is 399 g/mol. The summed E-state index contributed by atoms with van der Waals surface area (Å²) in [6.45, 7) is 5.00. The summed E-state index contributed by atoms with van der Waals surface area (Å²) in [6, 6.07) is 7.45. The zero-order chi connectivity index (χ0) is 19.8. The fraction of sp³-hybridized carbons (Fsp3) is 0.636. The molecule has 5 rings (SSSR count). The summed E-state index contributed by atoms with van der Waals surface area (Å²) in [4.78, 5) is 32.1. The van der Waals surface area contributed by atoms with Crippen molar-refractivity contribution in [2.45, 2.75) is 37.8 Å². The Morgan fingerprint density at radius 3 is 2.66 bits per heavy atom. The number of likely N-dealkylation sites (tertiary alicyclic amines) is 1. The third kappa shape index (κ3) is 3.92. The minimum absolute atomic E-state index is 0.00931. The summed E-state index contributed by atoms with van der Waals surface area (Å²) >= 11 is 0. The van der Waals surface area contributed by atoms with Gasteiger partial charge in [-0.2, -0.15) is 0 Å². The second-order valence-electron chi connectivity index (χ2n) is 8.61. The van der Waals surface area contributed by atoms with Crippen LogP contribution in [0.4, 0.5) is 0 Å². The Morgan fingerprint density at radius 1 is 1.00 bits per heavy atom. The van der Waals surface area contributed by atoms with Crippen LogP contribution >= 0.6 is 0 Å². The second kappa shape index (κ2) is 7.86. The van der Waals surface area contributed by atoms with Gasteiger partial charge in [0.15, 0.2) is 11.5 Å². The van der Waals surface area contributed by atoms with Gasteiger partial charge in [0.2, 0.25) is 12.0 Å². The lowest BCUT2D eigenvalue weighted by atomic mass is 10.2. The molecule has 2 atom stereocenters. The number of amides is 2. The molecule has 1 aromatic rings. The van der Waals surface area contributed by atoms with Gasteiger partial charge in [-0.15, -0.1) is 0 Å². The summed E-state index contributed by atoms with van der Waals surface area (Å²) < 4.78 is 11.6. The Morgan fingerprint density at radius 2 is 1.83 bits per heavy atom. The molecule has 2 amide bonds. The van der Waals surface area contributed by atoms with Crippen molar-refractivity contribution in [2.24, 2.45) is 5.92 Å². The molecule has 3 aliphatic heterocycles. The molecule has 156 valence electrons. The second-order valence-corrected chi connectivity index (χ2v) is 8.61. The first-order chi connectivity index (χ1) is 14.2. The van der Waals surface area contributed by atoms with Gasteiger partial charge in [0.1, 0.15) is 6.61 Å². The van der Waals surface area contributed by atoms with Crippen molar-refractivity contribution in [3.8, 4) is 11.5 Å². The molecule has 29 heavy (non-hydrogen) atoms. The van der Waals surface area contributed by atoms with Crippen LogP contribution in [0.5, 0.6) is 11.5 Å². The Hall–Kier alpha value is -2.28. The molecule has 7 heteroatoms. The van der Waals surface area contributed by atoms with E-state index in [1.165, 1.54) is 12.8 Å². The molecule has 0 unspecified atom stereocenters. The van der Waals surface area contributed by atoms with Gasteiger partial charge in [-0.25, -0.2) is 0 Å². The van der Waals surface area contributed by atoms with E-state index < -0.39 is 6.10 Å². The molecule has 0 N–H and O–H groups in total. The zero-order valence-corrected chi connectivity index (χ0v) is 16.8. The summed E-state index contributed by atoms with van der Waals surface area (Å²) in [5.41, 5.74) is 0. The molecule has 1 saturated carbocycles. The Labute approximate surface area is 171 Å². The first kappa shape index (κ1) is 18.7. The molecule has 1 aromatic carbocycles. The number of benzene rings is 1. The van der Waals surface area contributed by atoms with Crippen molar-refractivity contribution in [3.05, 3.63) is 24.3 Å². The molecular weight excluding hydrogens is 370 g/mol. The fourth-order valence-electron chi connectivity index (χ4n) is 4.67. The van der Waals surface area contributed by atoms with Crippen LogP contribution < -0.4 is 9.47 Å². The number of ether oxygens (including phenoxy) is 2. The van der Waals surface area contributed by atoms with Gasteiger partial charge in [-0.1, -0.05) is 12.1 Å². The van der Waals surface area contributed by atoms with Crippen molar-refractivity contribution < 1.29 is 19.1 Å². The molecule has 3 heterocycles. The van der Waals surface area contributed by atoms with E-state index in [1.807, 2.05) is 29.2 Å².